The first kappa shape index (κ1) is 21.0. The molecule has 0 saturated heterocycles. The number of nitrogens with one attached hydrogen (secondary N) is 1. The van der Waals surface area contributed by atoms with Gasteiger partial charge in [0.2, 0.25) is 0 Å². The summed E-state index contributed by atoms with van der Waals surface area (Å²) in [6.07, 6.45) is 1.31. The van der Waals surface area contributed by atoms with E-state index in [-0.39, 0.29) is 17.7 Å². The van der Waals surface area contributed by atoms with Crippen LogP contribution in [-0.2, 0) is 25.5 Å². The van der Waals surface area contributed by atoms with Gasteiger partial charge in [0, 0.05) is 6.42 Å². The van der Waals surface area contributed by atoms with Crippen molar-refractivity contribution in [2.45, 2.75) is 58.6 Å². The third-order valence-electron chi connectivity index (χ3n) is 3.32. The molecule has 0 radical (unpaired) electrons. The summed E-state index contributed by atoms with van der Waals surface area (Å²) in [7, 11) is 0. The van der Waals surface area contributed by atoms with Crippen LogP contribution in [0.25, 0.3) is 0 Å². The van der Waals surface area contributed by atoms with Gasteiger partial charge < -0.3 is 19.9 Å². The second-order valence-corrected chi connectivity index (χ2v) is 6.82. The molecule has 0 amide bonds. The highest BCUT2D eigenvalue weighted by molar-refractivity contribution is 5.76. The molecule has 1 aromatic carbocycles. The molecular weight excluding hydrogens is 322 g/mol. The van der Waals surface area contributed by atoms with Crippen LogP contribution in [0.2, 0.25) is 0 Å². The molecule has 0 bridgehead atoms. The molecular formula is C19H29NO5. The minimum atomic E-state index is -0.497. The van der Waals surface area contributed by atoms with Gasteiger partial charge in [-0.15, -0.1) is 0 Å². The van der Waals surface area contributed by atoms with Crippen molar-refractivity contribution >= 4 is 11.9 Å². The highest BCUT2D eigenvalue weighted by Crippen LogP contribution is 2.12. The Kier molecular flexibility index (Phi) is 8.41. The number of ether oxygens (including phenoxy) is 2. The lowest BCUT2D eigenvalue weighted by Gasteiger charge is -2.20. The first-order chi connectivity index (χ1) is 11.7. The molecule has 0 fully saturated rings. The predicted molar refractivity (Wildman–Crippen MR) is 95.3 cm³/mol. The number of carbonyl (C=O) groups excluding carboxylic acids is 2. The van der Waals surface area contributed by atoms with Gasteiger partial charge in [-0.2, -0.15) is 0 Å². The van der Waals surface area contributed by atoms with Gasteiger partial charge in [0.05, 0.1) is 6.61 Å². The van der Waals surface area contributed by atoms with Crippen molar-refractivity contribution in [3.8, 4) is 5.75 Å². The lowest BCUT2D eigenvalue weighted by Crippen LogP contribution is -2.40. The summed E-state index contributed by atoms with van der Waals surface area (Å²) in [6, 6.07) is 6.21. The van der Waals surface area contributed by atoms with Crippen LogP contribution in [0.4, 0.5) is 0 Å². The molecule has 0 aromatic heterocycles. The van der Waals surface area contributed by atoms with Gasteiger partial charge in [0.1, 0.15) is 17.4 Å². The third kappa shape index (κ3) is 9.10. The van der Waals surface area contributed by atoms with Crippen LogP contribution < -0.4 is 5.32 Å². The predicted octanol–water partition coefficient (Wildman–Crippen LogP) is 2.58. The average Bonchev–Trinajstić information content (AvgIpc) is 2.50. The normalized spacial score (nSPS) is 12.5. The number of aromatic hydroxyl groups is 1. The molecule has 1 unspecified atom stereocenters. The molecule has 0 spiro atoms. The maximum absolute atomic E-state index is 12.1. The van der Waals surface area contributed by atoms with Crippen molar-refractivity contribution in [3.05, 3.63) is 29.8 Å². The fourth-order valence-corrected chi connectivity index (χ4v) is 2.25. The molecule has 1 aromatic rings. The van der Waals surface area contributed by atoms with Crippen molar-refractivity contribution in [2.75, 3.05) is 13.2 Å². The van der Waals surface area contributed by atoms with Gasteiger partial charge in [-0.05, 0) is 64.8 Å². The molecule has 6 nitrogen and oxygen atoms in total. The van der Waals surface area contributed by atoms with Crippen LogP contribution in [0.5, 0.6) is 5.75 Å². The lowest BCUT2D eigenvalue weighted by molar-refractivity contribution is -0.154. The zero-order chi connectivity index (χ0) is 18.9. The third-order valence-corrected chi connectivity index (χ3v) is 3.32. The van der Waals surface area contributed by atoms with Gasteiger partial charge in [-0.25, -0.2) is 0 Å². The van der Waals surface area contributed by atoms with E-state index in [4.69, 9.17) is 9.47 Å². The average molecular weight is 351 g/mol. The van der Waals surface area contributed by atoms with Crippen molar-refractivity contribution in [1.29, 1.82) is 0 Å². The Bertz CT molecular complexity index is 548. The summed E-state index contributed by atoms with van der Waals surface area (Å²) in [5.74, 6) is -0.393. The first-order valence-corrected chi connectivity index (χ1v) is 8.61. The summed E-state index contributed by atoms with van der Waals surface area (Å²) in [6.45, 7) is 8.07. The Labute approximate surface area is 149 Å². The Morgan fingerprint density at radius 2 is 1.84 bits per heavy atom. The summed E-state index contributed by atoms with van der Waals surface area (Å²) in [4.78, 5) is 23.8. The zero-order valence-corrected chi connectivity index (χ0v) is 15.5. The van der Waals surface area contributed by atoms with Gasteiger partial charge >= 0.3 is 11.9 Å². The van der Waals surface area contributed by atoms with Crippen molar-refractivity contribution in [2.24, 2.45) is 0 Å². The quantitative estimate of drug-likeness (QED) is 0.525. The van der Waals surface area contributed by atoms with E-state index in [0.717, 1.165) is 5.56 Å². The van der Waals surface area contributed by atoms with Crippen LogP contribution in [0.15, 0.2) is 24.3 Å². The molecule has 0 aliphatic heterocycles. The summed E-state index contributed by atoms with van der Waals surface area (Å²) in [5, 5.41) is 12.5. The molecule has 0 heterocycles. The fraction of sp³-hybridized carbons (Fsp3) is 0.579. The van der Waals surface area contributed by atoms with E-state index in [1.807, 2.05) is 20.8 Å². The van der Waals surface area contributed by atoms with Crippen molar-refractivity contribution < 1.29 is 24.2 Å². The number of carbonyl (C=O) groups is 2. The van der Waals surface area contributed by atoms with E-state index in [0.29, 0.717) is 32.4 Å². The molecule has 0 aliphatic carbocycles. The summed E-state index contributed by atoms with van der Waals surface area (Å²) in [5.41, 5.74) is 0.423. The molecule has 1 atom stereocenters. The Hall–Kier alpha value is -2.08. The standard InChI is InChI=1S/C19H29NO5/c1-5-24-18(23)16(13-14-8-10-15(21)11-9-14)20-12-6-7-17(22)25-19(2,3)4/h8-11,16,20-21H,5-7,12-13H2,1-4H3. The SMILES string of the molecule is CCOC(=O)C(Cc1ccc(O)cc1)NCCCC(=O)OC(C)(C)C. The largest absolute Gasteiger partial charge is 0.508 e. The molecule has 0 aliphatic rings. The summed E-state index contributed by atoms with van der Waals surface area (Å²) < 4.78 is 10.4. The monoisotopic (exact) mass is 351 g/mol. The van der Waals surface area contributed by atoms with E-state index in [1.165, 1.54) is 0 Å². The van der Waals surface area contributed by atoms with E-state index < -0.39 is 11.6 Å². The van der Waals surface area contributed by atoms with Crippen LogP contribution in [0.1, 0.15) is 46.1 Å². The molecule has 25 heavy (non-hydrogen) atoms. The Morgan fingerprint density at radius 1 is 1.20 bits per heavy atom. The fourth-order valence-electron chi connectivity index (χ4n) is 2.25. The van der Waals surface area contributed by atoms with Crippen LogP contribution in [0, 0.1) is 0 Å². The topological polar surface area (TPSA) is 84.9 Å². The molecule has 1 rings (SSSR count). The number of hydrogen-bond donors (Lipinski definition) is 2. The van der Waals surface area contributed by atoms with E-state index >= 15 is 0 Å². The summed E-state index contributed by atoms with van der Waals surface area (Å²) >= 11 is 0. The highest BCUT2D eigenvalue weighted by atomic mass is 16.6. The Morgan fingerprint density at radius 3 is 2.40 bits per heavy atom. The van der Waals surface area contributed by atoms with E-state index in [2.05, 4.69) is 5.32 Å². The Balaban J connectivity index is 2.50. The van der Waals surface area contributed by atoms with Crippen LogP contribution >= 0.6 is 0 Å². The highest BCUT2D eigenvalue weighted by Gasteiger charge is 2.20. The number of esters is 2. The maximum atomic E-state index is 12.1. The van der Waals surface area contributed by atoms with Crippen LogP contribution in [-0.4, -0.2) is 41.8 Å². The number of phenols is 1. The molecule has 0 saturated carbocycles. The van der Waals surface area contributed by atoms with Crippen molar-refractivity contribution in [1.82, 2.24) is 5.32 Å². The molecule has 6 heteroatoms. The smallest absolute Gasteiger partial charge is 0.323 e. The molecule has 140 valence electrons. The minimum Gasteiger partial charge on any atom is -0.508 e. The van der Waals surface area contributed by atoms with Gasteiger partial charge in [0.25, 0.3) is 0 Å². The number of hydrogen-bond acceptors (Lipinski definition) is 6. The zero-order valence-electron chi connectivity index (χ0n) is 15.5. The van der Waals surface area contributed by atoms with E-state index in [9.17, 15) is 14.7 Å². The number of rotatable bonds is 9. The number of benzene rings is 1. The first-order valence-electron chi connectivity index (χ1n) is 8.61. The lowest BCUT2D eigenvalue weighted by atomic mass is 10.1. The minimum absolute atomic E-state index is 0.182. The molecule has 2 N–H and O–H groups in total. The van der Waals surface area contributed by atoms with E-state index in [1.54, 1.807) is 31.2 Å². The second-order valence-electron chi connectivity index (χ2n) is 6.82. The van der Waals surface area contributed by atoms with Gasteiger partial charge in [-0.1, -0.05) is 12.1 Å². The van der Waals surface area contributed by atoms with Gasteiger partial charge in [-0.3, -0.25) is 9.59 Å². The number of phenolic OH excluding ortho intramolecular Hbond substituents is 1. The maximum Gasteiger partial charge on any atom is 0.323 e. The second kappa shape index (κ2) is 10.0. The van der Waals surface area contributed by atoms with Crippen LogP contribution in [0.3, 0.4) is 0 Å². The van der Waals surface area contributed by atoms with Gasteiger partial charge in [0.15, 0.2) is 0 Å². The van der Waals surface area contributed by atoms with Crippen molar-refractivity contribution in [3.63, 3.8) is 0 Å².